The zero-order valence-corrected chi connectivity index (χ0v) is 20.9. The Kier molecular flexibility index (Phi) is 11.7. The van der Waals surface area contributed by atoms with E-state index in [1.165, 1.54) is 128 Å². The van der Waals surface area contributed by atoms with Gasteiger partial charge in [0.15, 0.2) is 0 Å². The lowest BCUT2D eigenvalue weighted by molar-refractivity contribution is -0.118. The van der Waals surface area contributed by atoms with Crippen LogP contribution in [0.25, 0.3) is 0 Å². The Morgan fingerprint density at radius 1 is 0.581 bits per heavy atom. The van der Waals surface area contributed by atoms with Crippen LogP contribution in [0.4, 0.5) is 0 Å². The predicted molar refractivity (Wildman–Crippen MR) is 134 cm³/mol. The molecule has 0 heterocycles. The SMILES string of the molecule is CCCCCCCCCCCCC1CCC(CCC2CCC3=C(CCC(=O)C3)C2)CC1. The Morgan fingerprint density at radius 3 is 1.84 bits per heavy atom. The largest absolute Gasteiger partial charge is 0.299 e. The van der Waals surface area contributed by atoms with E-state index in [9.17, 15) is 4.79 Å². The molecule has 3 aliphatic rings. The maximum absolute atomic E-state index is 11.7. The molecule has 1 unspecified atom stereocenters. The molecule has 0 saturated heterocycles. The molecular weight excluding hydrogens is 376 g/mol. The third-order valence-electron chi connectivity index (χ3n) is 8.92. The van der Waals surface area contributed by atoms with Gasteiger partial charge in [-0.2, -0.15) is 0 Å². The Balaban J connectivity index is 1.16. The van der Waals surface area contributed by atoms with Gasteiger partial charge in [0.2, 0.25) is 0 Å². The number of Topliss-reactive ketones (excluding diaryl/α,β-unsaturated/α-hetero) is 1. The van der Waals surface area contributed by atoms with E-state index in [1.807, 2.05) is 0 Å². The van der Waals surface area contributed by atoms with E-state index in [-0.39, 0.29) is 0 Å². The van der Waals surface area contributed by atoms with Crippen LogP contribution in [0, 0.1) is 17.8 Å². The molecule has 1 nitrogen and oxygen atoms in total. The molecule has 0 aromatic carbocycles. The van der Waals surface area contributed by atoms with Crippen LogP contribution in [0.2, 0.25) is 0 Å². The van der Waals surface area contributed by atoms with Gasteiger partial charge in [-0.1, -0.05) is 121 Å². The van der Waals surface area contributed by atoms with Crippen molar-refractivity contribution in [3.63, 3.8) is 0 Å². The van der Waals surface area contributed by atoms with Gasteiger partial charge in [0.1, 0.15) is 5.78 Å². The molecule has 1 fully saturated rings. The second-order valence-electron chi connectivity index (χ2n) is 11.5. The number of allylic oxidation sites excluding steroid dienone is 2. The van der Waals surface area contributed by atoms with Crippen LogP contribution < -0.4 is 0 Å². The van der Waals surface area contributed by atoms with Gasteiger partial charge in [-0.25, -0.2) is 0 Å². The summed E-state index contributed by atoms with van der Waals surface area (Å²) in [5.41, 5.74) is 3.23. The fraction of sp³-hybridized carbons (Fsp3) is 0.900. The van der Waals surface area contributed by atoms with Crippen molar-refractivity contribution < 1.29 is 4.79 Å². The van der Waals surface area contributed by atoms with Crippen molar-refractivity contribution in [1.82, 2.24) is 0 Å². The first kappa shape index (κ1) is 25.0. The maximum atomic E-state index is 11.7. The van der Waals surface area contributed by atoms with E-state index in [0.717, 1.165) is 37.0 Å². The summed E-state index contributed by atoms with van der Waals surface area (Å²) >= 11 is 0. The summed E-state index contributed by atoms with van der Waals surface area (Å²) in [4.78, 5) is 11.7. The quantitative estimate of drug-likeness (QED) is 0.199. The van der Waals surface area contributed by atoms with E-state index < -0.39 is 0 Å². The molecule has 0 N–H and O–H groups in total. The van der Waals surface area contributed by atoms with Crippen molar-refractivity contribution in [3.05, 3.63) is 11.1 Å². The molecule has 0 bridgehead atoms. The fourth-order valence-electron chi connectivity index (χ4n) is 6.71. The molecule has 0 aliphatic heterocycles. The first-order chi connectivity index (χ1) is 15.2. The second kappa shape index (κ2) is 14.5. The lowest BCUT2D eigenvalue weighted by Crippen LogP contribution is -2.19. The monoisotopic (exact) mass is 428 g/mol. The summed E-state index contributed by atoms with van der Waals surface area (Å²) in [6.07, 6.45) is 31.8. The smallest absolute Gasteiger partial charge is 0.137 e. The second-order valence-corrected chi connectivity index (χ2v) is 11.5. The zero-order chi connectivity index (χ0) is 21.7. The first-order valence-corrected chi connectivity index (χ1v) is 14.5. The molecule has 1 atom stereocenters. The Bertz CT molecular complexity index is 537. The molecule has 3 aliphatic carbocycles. The van der Waals surface area contributed by atoms with Crippen LogP contribution in [0.1, 0.15) is 155 Å². The van der Waals surface area contributed by atoms with Crippen molar-refractivity contribution in [3.8, 4) is 0 Å². The van der Waals surface area contributed by atoms with Crippen molar-refractivity contribution >= 4 is 5.78 Å². The van der Waals surface area contributed by atoms with E-state index in [1.54, 1.807) is 11.1 Å². The zero-order valence-electron chi connectivity index (χ0n) is 20.9. The molecule has 0 amide bonds. The van der Waals surface area contributed by atoms with Gasteiger partial charge in [-0.15, -0.1) is 0 Å². The van der Waals surface area contributed by atoms with Gasteiger partial charge in [-0.05, 0) is 49.9 Å². The predicted octanol–water partition coefficient (Wildman–Crippen LogP) is 9.73. The number of unbranched alkanes of at least 4 members (excludes halogenated alkanes) is 9. The number of hydrogen-bond donors (Lipinski definition) is 0. The minimum atomic E-state index is 0.492. The summed E-state index contributed by atoms with van der Waals surface area (Å²) in [5.74, 6) is 3.49. The first-order valence-electron chi connectivity index (χ1n) is 14.5. The highest BCUT2D eigenvalue weighted by Crippen LogP contribution is 2.41. The average Bonchev–Trinajstić information content (AvgIpc) is 2.79. The number of rotatable bonds is 14. The van der Waals surface area contributed by atoms with Gasteiger partial charge >= 0.3 is 0 Å². The molecule has 1 heteroatoms. The number of carbonyl (C=O) groups excluding carboxylic acids is 1. The molecule has 0 aromatic heterocycles. The normalized spacial score (nSPS) is 26.9. The van der Waals surface area contributed by atoms with Crippen LogP contribution >= 0.6 is 0 Å². The summed E-state index contributed by atoms with van der Waals surface area (Å²) in [6.45, 7) is 2.30. The fourth-order valence-corrected chi connectivity index (χ4v) is 6.71. The number of hydrogen-bond acceptors (Lipinski definition) is 1. The van der Waals surface area contributed by atoms with Crippen LogP contribution in [0.5, 0.6) is 0 Å². The molecule has 0 aromatic rings. The van der Waals surface area contributed by atoms with E-state index >= 15 is 0 Å². The van der Waals surface area contributed by atoms with Crippen LogP contribution in [-0.2, 0) is 4.79 Å². The summed E-state index contributed by atoms with van der Waals surface area (Å²) in [7, 11) is 0. The minimum Gasteiger partial charge on any atom is -0.299 e. The molecule has 0 radical (unpaired) electrons. The highest BCUT2D eigenvalue weighted by molar-refractivity contribution is 5.82. The van der Waals surface area contributed by atoms with Gasteiger partial charge in [0.05, 0.1) is 0 Å². The third-order valence-corrected chi connectivity index (χ3v) is 8.92. The lowest BCUT2D eigenvalue weighted by atomic mass is 9.73. The van der Waals surface area contributed by atoms with Gasteiger partial charge < -0.3 is 0 Å². The van der Waals surface area contributed by atoms with Gasteiger partial charge in [0, 0.05) is 12.8 Å². The summed E-state index contributed by atoms with van der Waals surface area (Å²) < 4.78 is 0. The number of carbonyl (C=O) groups is 1. The standard InChI is InChI=1S/C30H52O/c1-2-3-4-5-6-7-8-9-10-11-12-25-13-15-26(16-14-25)17-18-27-19-20-29-24-30(31)22-21-28(29)23-27/h25-27H,2-24H2,1H3. The molecule has 0 spiro atoms. The summed E-state index contributed by atoms with van der Waals surface area (Å²) in [5, 5.41) is 0. The Labute approximate surface area is 194 Å². The third kappa shape index (κ3) is 9.43. The number of ketones is 1. The molecule has 3 rings (SSSR count). The van der Waals surface area contributed by atoms with Crippen molar-refractivity contribution in [1.29, 1.82) is 0 Å². The van der Waals surface area contributed by atoms with E-state index in [0.29, 0.717) is 5.78 Å². The van der Waals surface area contributed by atoms with Gasteiger partial charge in [-0.3, -0.25) is 4.79 Å². The Morgan fingerprint density at radius 2 is 1.16 bits per heavy atom. The van der Waals surface area contributed by atoms with Gasteiger partial charge in [0.25, 0.3) is 0 Å². The van der Waals surface area contributed by atoms with E-state index in [4.69, 9.17) is 0 Å². The van der Waals surface area contributed by atoms with Crippen molar-refractivity contribution in [2.45, 2.75) is 155 Å². The van der Waals surface area contributed by atoms with Crippen LogP contribution in [-0.4, -0.2) is 5.78 Å². The van der Waals surface area contributed by atoms with Crippen LogP contribution in [0.3, 0.4) is 0 Å². The molecule has 31 heavy (non-hydrogen) atoms. The maximum Gasteiger partial charge on any atom is 0.137 e. The molecule has 1 saturated carbocycles. The Hall–Kier alpha value is -0.590. The van der Waals surface area contributed by atoms with Crippen LogP contribution in [0.15, 0.2) is 11.1 Å². The molecular formula is C30H52O. The van der Waals surface area contributed by atoms with Crippen molar-refractivity contribution in [2.75, 3.05) is 0 Å². The lowest BCUT2D eigenvalue weighted by Gasteiger charge is -2.32. The summed E-state index contributed by atoms with van der Waals surface area (Å²) in [6, 6.07) is 0. The minimum absolute atomic E-state index is 0.492. The highest BCUT2D eigenvalue weighted by atomic mass is 16.1. The van der Waals surface area contributed by atoms with E-state index in [2.05, 4.69) is 6.92 Å². The molecule has 178 valence electrons. The topological polar surface area (TPSA) is 17.1 Å². The highest BCUT2D eigenvalue weighted by Gasteiger charge is 2.27. The van der Waals surface area contributed by atoms with Crippen molar-refractivity contribution in [2.24, 2.45) is 17.8 Å². The average molecular weight is 429 g/mol.